The number of likely N-dealkylation sites (N-methyl/N-ethyl adjacent to an activating group) is 1. The predicted molar refractivity (Wildman–Crippen MR) is 66.7 cm³/mol. The second-order valence-corrected chi connectivity index (χ2v) is 4.90. The van der Waals surface area contributed by atoms with Gasteiger partial charge in [-0.3, -0.25) is 4.79 Å². The SMILES string of the molecule is CCN(CCO)C(=O)COC1CCCC(C)C1. The maximum atomic E-state index is 11.8. The smallest absolute Gasteiger partial charge is 0.248 e. The lowest BCUT2D eigenvalue weighted by Gasteiger charge is -2.27. The van der Waals surface area contributed by atoms with Crippen molar-refractivity contribution in [3.8, 4) is 0 Å². The molecule has 0 saturated heterocycles. The van der Waals surface area contributed by atoms with Gasteiger partial charge in [-0.25, -0.2) is 0 Å². The van der Waals surface area contributed by atoms with Crippen molar-refractivity contribution in [1.29, 1.82) is 0 Å². The highest BCUT2D eigenvalue weighted by atomic mass is 16.5. The van der Waals surface area contributed by atoms with Gasteiger partial charge < -0.3 is 14.7 Å². The van der Waals surface area contributed by atoms with Crippen LogP contribution in [0.3, 0.4) is 0 Å². The lowest BCUT2D eigenvalue weighted by atomic mass is 9.89. The normalized spacial score (nSPS) is 24.6. The minimum absolute atomic E-state index is 0.0139. The van der Waals surface area contributed by atoms with Crippen molar-refractivity contribution in [2.75, 3.05) is 26.3 Å². The molecule has 2 atom stereocenters. The molecule has 0 aromatic carbocycles. The largest absolute Gasteiger partial charge is 0.395 e. The van der Waals surface area contributed by atoms with Gasteiger partial charge in [0.15, 0.2) is 0 Å². The van der Waals surface area contributed by atoms with Crippen molar-refractivity contribution < 1.29 is 14.6 Å². The van der Waals surface area contributed by atoms with Crippen molar-refractivity contribution in [2.45, 2.75) is 45.6 Å². The third-order valence-electron chi connectivity index (χ3n) is 3.44. The molecule has 0 heterocycles. The van der Waals surface area contributed by atoms with Gasteiger partial charge in [-0.2, -0.15) is 0 Å². The Kier molecular flexibility index (Phi) is 6.52. The summed E-state index contributed by atoms with van der Waals surface area (Å²) in [5, 5.41) is 8.83. The molecule has 1 aliphatic carbocycles. The Bertz CT molecular complexity index is 233. The molecule has 1 saturated carbocycles. The maximum Gasteiger partial charge on any atom is 0.248 e. The van der Waals surface area contributed by atoms with Crippen LogP contribution in [0.2, 0.25) is 0 Å². The van der Waals surface area contributed by atoms with E-state index in [2.05, 4.69) is 6.92 Å². The second kappa shape index (κ2) is 7.67. The summed E-state index contributed by atoms with van der Waals surface area (Å²) in [6, 6.07) is 0. The minimum atomic E-state index is -0.0141. The minimum Gasteiger partial charge on any atom is -0.395 e. The molecule has 4 nitrogen and oxygen atoms in total. The van der Waals surface area contributed by atoms with E-state index in [1.165, 1.54) is 12.8 Å². The van der Waals surface area contributed by atoms with Crippen LogP contribution >= 0.6 is 0 Å². The number of aliphatic hydroxyl groups excluding tert-OH is 1. The van der Waals surface area contributed by atoms with E-state index in [1.807, 2.05) is 6.92 Å². The third-order valence-corrected chi connectivity index (χ3v) is 3.44. The molecule has 2 unspecified atom stereocenters. The molecule has 0 aliphatic heterocycles. The number of hydrogen-bond donors (Lipinski definition) is 1. The summed E-state index contributed by atoms with van der Waals surface area (Å²) >= 11 is 0. The van der Waals surface area contributed by atoms with Gasteiger partial charge in [0.2, 0.25) is 5.91 Å². The van der Waals surface area contributed by atoms with Gasteiger partial charge in [-0.1, -0.05) is 19.8 Å². The van der Waals surface area contributed by atoms with Crippen molar-refractivity contribution in [2.24, 2.45) is 5.92 Å². The fourth-order valence-electron chi connectivity index (χ4n) is 2.39. The second-order valence-electron chi connectivity index (χ2n) is 4.90. The van der Waals surface area contributed by atoms with Crippen molar-refractivity contribution in [1.82, 2.24) is 4.90 Å². The number of amides is 1. The first kappa shape index (κ1) is 14.5. The maximum absolute atomic E-state index is 11.8. The summed E-state index contributed by atoms with van der Waals surface area (Å²) in [6.07, 6.45) is 4.87. The summed E-state index contributed by atoms with van der Waals surface area (Å²) in [6.45, 7) is 5.35. The van der Waals surface area contributed by atoms with Gasteiger partial charge >= 0.3 is 0 Å². The third kappa shape index (κ3) is 5.04. The van der Waals surface area contributed by atoms with Crippen LogP contribution in [0.5, 0.6) is 0 Å². The van der Waals surface area contributed by atoms with Crippen LogP contribution in [0.4, 0.5) is 0 Å². The Labute approximate surface area is 104 Å². The molecule has 1 fully saturated rings. The lowest BCUT2D eigenvalue weighted by Crippen LogP contribution is -2.37. The number of carbonyl (C=O) groups is 1. The number of nitrogens with zero attached hydrogens (tertiary/aromatic N) is 1. The fraction of sp³-hybridized carbons (Fsp3) is 0.923. The molecule has 0 radical (unpaired) electrons. The Morgan fingerprint density at radius 3 is 2.82 bits per heavy atom. The van der Waals surface area contributed by atoms with E-state index < -0.39 is 0 Å². The van der Waals surface area contributed by atoms with E-state index in [1.54, 1.807) is 4.90 Å². The monoisotopic (exact) mass is 243 g/mol. The van der Waals surface area contributed by atoms with Crippen LogP contribution in [-0.4, -0.2) is 48.3 Å². The van der Waals surface area contributed by atoms with Crippen LogP contribution in [-0.2, 0) is 9.53 Å². The van der Waals surface area contributed by atoms with Gasteiger partial charge in [0.1, 0.15) is 6.61 Å². The van der Waals surface area contributed by atoms with Crippen molar-refractivity contribution in [3.63, 3.8) is 0 Å². The molecule has 1 amide bonds. The zero-order valence-corrected chi connectivity index (χ0v) is 11.0. The molecule has 1 aliphatic rings. The van der Waals surface area contributed by atoms with E-state index in [4.69, 9.17) is 9.84 Å². The summed E-state index contributed by atoms with van der Waals surface area (Å²) in [5.74, 6) is 0.698. The highest BCUT2D eigenvalue weighted by molar-refractivity contribution is 5.77. The molecule has 0 aromatic rings. The first-order valence-electron chi connectivity index (χ1n) is 6.67. The van der Waals surface area contributed by atoms with E-state index in [9.17, 15) is 4.79 Å². The standard InChI is InChI=1S/C13H25NO3/c1-3-14(7-8-15)13(16)10-17-12-6-4-5-11(2)9-12/h11-12,15H,3-10H2,1-2H3. The Hall–Kier alpha value is -0.610. The molecule has 17 heavy (non-hydrogen) atoms. The zero-order chi connectivity index (χ0) is 12.7. The lowest BCUT2D eigenvalue weighted by molar-refractivity contribution is -0.139. The average molecular weight is 243 g/mol. The first-order valence-corrected chi connectivity index (χ1v) is 6.67. The summed E-state index contributed by atoms with van der Waals surface area (Å²) in [5.41, 5.74) is 0. The highest BCUT2D eigenvalue weighted by Gasteiger charge is 2.21. The molecule has 1 N–H and O–H groups in total. The number of carbonyl (C=O) groups excluding carboxylic acids is 1. The molecule has 4 heteroatoms. The Balaban J connectivity index is 2.26. The molecule has 0 spiro atoms. The van der Waals surface area contributed by atoms with Crippen LogP contribution in [0.1, 0.15) is 39.5 Å². The molecule has 0 aromatic heterocycles. The Morgan fingerprint density at radius 2 is 2.24 bits per heavy atom. The summed E-state index contributed by atoms with van der Waals surface area (Å²) < 4.78 is 5.67. The van der Waals surface area contributed by atoms with E-state index in [0.29, 0.717) is 19.0 Å². The first-order chi connectivity index (χ1) is 8.17. The zero-order valence-electron chi connectivity index (χ0n) is 11.0. The number of hydrogen-bond acceptors (Lipinski definition) is 3. The van der Waals surface area contributed by atoms with Gasteiger partial charge in [0.25, 0.3) is 0 Å². The summed E-state index contributed by atoms with van der Waals surface area (Å²) in [4.78, 5) is 13.4. The van der Waals surface area contributed by atoms with E-state index in [0.717, 1.165) is 12.8 Å². The van der Waals surface area contributed by atoms with Crippen molar-refractivity contribution >= 4 is 5.91 Å². The topological polar surface area (TPSA) is 49.8 Å². The van der Waals surface area contributed by atoms with E-state index >= 15 is 0 Å². The summed E-state index contributed by atoms with van der Waals surface area (Å²) in [7, 11) is 0. The highest BCUT2D eigenvalue weighted by Crippen LogP contribution is 2.25. The molecule has 100 valence electrons. The fourth-order valence-corrected chi connectivity index (χ4v) is 2.39. The van der Waals surface area contributed by atoms with Crippen LogP contribution in [0.25, 0.3) is 0 Å². The quantitative estimate of drug-likeness (QED) is 0.767. The molecular weight excluding hydrogens is 218 g/mol. The number of ether oxygens (including phenoxy) is 1. The predicted octanol–water partition coefficient (Wildman–Crippen LogP) is 1.42. The van der Waals surface area contributed by atoms with Gasteiger partial charge in [0.05, 0.1) is 12.7 Å². The van der Waals surface area contributed by atoms with E-state index in [-0.39, 0.29) is 25.2 Å². The van der Waals surface area contributed by atoms with Gasteiger partial charge in [0, 0.05) is 13.1 Å². The number of aliphatic hydroxyl groups is 1. The van der Waals surface area contributed by atoms with Crippen LogP contribution < -0.4 is 0 Å². The van der Waals surface area contributed by atoms with Gasteiger partial charge in [-0.15, -0.1) is 0 Å². The van der Waals surface area contributed by atoms with Crippen LogP contribution in [0, 0.1) is 5.92 Å². The van der Waals surface area contributed by atoms with Crippen molar-refractivity contribution in [3.05, 3.63) is 0 Å². The number of rotatable bonds is 6. The molecular formula is C13H25NO3. The Morgan fingerprint density at radius 1 is 1.47 bits per heavy atom. The van der Waals surface area contributed by atoms with Gasteiger partial charge in [-0.05, 0) is 25.7 Å². The van der Waals surface area contributed by atoms with Crippen LogP contribution in [0.15, 0.2) is 0 Å². The molecule has 1 rings (SSSR count). The molecule has 0 bridgehead atoms. The average Bonchev–Trinajstić information content (AvgIpc) is 2.33.